The van der Waals surface area contributed by atoms with Crippen molar-refractivity contribution in [3.05, 3.63) is 22.4 Å². The van der Waals surface area contributed by atoms with Crippen LogP contribution >= 0.6 is 35.3 Å². The summed E-state index contributed by atoms with van der Waals surface area (Å²) in [6, 6.07) is 2.18. The van der Waals surface area contributed by atoms with Crippen molar-refractivity contribution >= 4 is 41.3 Å². The third-order valence-electron chi connectivity index (χ3n) is 3.09. The fraction of sp³-hybridized carbons (Fsp3) is 0.667. The van der Waals surface area contributed by atoms with Crippen LogP contribution in [0.1, 0.15) is 38.2 Å². The molecule has 0 amide bonds. The zero-order valence-corrected chi connectivity index (χ0v) is 16.4. The lowest BCUT2D eigenvalue weighted by Gasteiger charge is -2.15. The molecule has 1 unspecified atom stereocenters. The van der Waals surface area contributed by atoms with E-state index in [2.05, 4.69) is 46.3 Å². The van der Waals surface area contributed by atoms with E-state index in [0.29, 0.717) is 5.92 Å². The first-order valence-corrected chi connectivity index (χ1v) is 8.26. The molecule has 0 aliphatic heterocycles. The third kappa shape index (κ3) is 9.31. The summed E-state index contributed by atoms with van der Waals surface area (Å²) in [5, 5.41) is 10.9. The minimum absolute atomic E-state index is 0. The molecule has 0 radical (unpaired) electrons. The second kappa shape index (κ2) is 13.3. The van der Waals surface area contributed by atoms with Crippen molar-refractivity contribution in [1.29, 1.82) is 0 Å². The molecule has 1 atom stereocenters. The molecule has 0 saturated carbocycles. The Morgan fingerprint density at radius 2 is 2.19 bits per heavy atom. The van der Waals surface area contributed by atoms with E-state index in [1.807, 2.05) is 0 Å². The molecular weight excluding hydrogens is 397 g/mol. The van der Waals surface area contributed by atoms with Gasteiger partial charge in [-0.25, -0.2) is 0 Å². The van der Waals surface area contributed by atoms with Gasteiger partial charge in [0, 0.05) is 26.7 Å². The summed E-state index contributed by atoms with van der Waals surface area (Å²) in [6.45, 7) is 7.63. The molecule has 4 nitrogen and oxygen atoms in total. The number of rotatable bonds is 9. The Hall–Kier alpha value is -0.340. The van der Waals surface area contributed by atoms with E-state index in [9.17, 15) is 0 Å². The smallest absolute Gasteiger partial charge is 0.191 e. The number of nitrogens with zero attached hydrogens (tertiary/aromatic N) is 1. The maximum Gasteiger partial charge on any atom is 0.191 e. The van der Waals surface area contributed by atoms with E-state index in [4.69, 9.17) is 4.74 Å². The predicted molar refractivity (Wildman–Crippen MR) is 103 cm³/mol. The summed E-state index contributed by atoms with van der Waals surface area (Å²) >= 11 is 1.74. The van der Waals surface area contributed by atoms with Crippen LogP contribution in [0.4, 0.5) is 0 Å². The molecule has 0 aliphatic carbocycles. The number of thiophene rings is 1. The standard InChI is InChI=1S/C15H27N3OS.HI/c1-4-5-8-19-9-7-17-15(16-3)18-11-13(2)14-6-10-20-12-14;/h6,10,12-13H,4-5,7-9,11H2,1-3H3,(H2,16,17,18);1H. The summed E-state index contributed by atoms with van der Waals surface area (Å²) < 4.78 is 5.51. The molecule has 1 aromatic rings. The van der Waals surface area contributed by atoms with Gasteiger partial charge in [0.25, 0.3) is 0 Å². The lowest BCUT2D eigenvalue weighted by molar-refractivity contribution is 0.136. The van der Waals surface area contributed by atoms with Gasteiger partial charge < -0.3 is 15.4 Å². The highest BCUT2D eigenvalue weighted by Gasteiger charge is 2.06. The lowest BCUT2D eigenvalue weighted by atomic mass is 10.1. The largest absolute Gasteiger partial charge is 0.380 e. The van der Waals surface area contributed by atoms with Crippen molar-refractivity contribution < 1.29 is 4.74 Å². The maximum atomic E-state index is 5.51. The number of hydrogen-bond acceptors (Lipinski definition) is 3. The molecule has 0 fully saturated rings. The summed E-state index contributed by atoms with van der Waals surface area (Å²) in [5.74, 6) is 1.33. The SMILES string of the molecule is CCCCOCCNC(=NC)NCC(C)c1ccsc1.I. The Kier molecular flexibility index (Phi) is 13.1. The van der Waals surface area contributed by atoms with Crippen LogP contribution in [0.2, 0.25) is 0 Å². The molecule has 1 heterocycles. The van der Waals surface area contributed by atoms with Crippen molar-refractivity contribution in [3.63, 3.8) is 0 Å². The van der Waals surface area contributed by atoms with Crippen LogP contribution in [0, 0.1) is 0 Å². The highest BCUT2D eigenvalue weighted by molar-refractivity contribution is 14.0. The fourth-order valence-electron chi connectivity index (χ4n) is 1.73. The zero-order valence-electron chi connectivity index (χ0n) is 13.2. The van der Waals surface area contributed by atoms with Crippen LogP contribution in [0.5, 0.6) is 0 Å². The van der Waals surface area contributed by atoms with E-state index in [1.54, 1.807) is 18.4 Å². The first kappa shape index (κ1) is 20.7. The van der Waals surface area contributed by atoms with Gasteiger partial charge in [-0.15, -0.1) is 24.0 Å². The monoisotopic (exact) mass is 425 g/mol. The third-order valence-corrected chi connectivity index (χ3v) is 3.79. The van der Waals surface area contributed by atoms with Gasteiger partial charge in [-0.05, 0) is 34.7 Å². The molecule has 6 heteroatoms. The van der Waals surface area contributed by atoms with Gasteiger partial charge in [0.05, 0.1) is 6.61 Å². The molecule has 0 bridgehead atoms. The number of unbranched alkanes of at least 4 members (excludes halogenated alkanes) is 1. The molecule has 1 aromatic heterocycles. The number of nitrogens with one attached hydrogen (secondary N) is 2. The average Bonchev–Trinajstić information content (AvgIpc) is 2.99. The highest BCUT2D eigenvalue weighted by atomic mass is 127. The van der Waals surface area contributed by atoms with E-state index in [1.165, 1.54) is 12.0 Å². The van der Waals surface area contributed by atoms with Crippen molar-refractivity contribution in [1.82, 2.24) is 10.6 Å². The van der Waals surface area contributed by atoms with Crippen LogP contribution in [-0.4, -0.2) is 39.3 Å². The van der Waals surface area contributed by atoms with E-state index >= 15 is 0 Å². The van der Waals surface area contributed by atoms with Gasteiger partial charge in [0.2, 0.25) is 0 Å². The van der Waals surface area contributed by atoms with Gasteiger partial charge in [-0.1, -0.05) is 20.3 Å². The Morgan fingerprint density at radius 3 is 2.81 bits per heavy atom. The van der Waals surface area contributed by atoms with E-state index < -0.39 is 0 Å². The van der Waals surface area contributed by atoms with Gasteiger partial charge in [0.1, 0.15) is 0 Å². The van der Waals surface area contributed by atoms with E-state index in [0.717, 1.165) is 38.7 Å². The first-order chi connectivity index (χ1) is 9.77. The van der Waals surface area contributed by atoms with Crippen molar-refractivity contribution in [3.8, 4) is 0 Å². The summed E-state index contributed by atoms with van der Waals surface area (Å²) in [7, 11) is 1.79. The minimum atomic E-state index is 0. The van der Waals surface area contributed by atoms with Gasteiger partial charge >= 0.3 is 0 Å². The van der Waals surface area contributed by atoms with Crippen molar-refractivity contribution in [2.45, 2.75) is 32.6 Å². The van der Waals surface area contributed by atoms with Crippen LogP contribution < -0.4 is 10.6 Å². The number of ether oxygens (including phenoxy) is 1. The number of aliphatic imine (C=N–C) groups is 1. The molecule has 122 valence electrons. The van der Waals surface area contributed by atoms with E-state index in [-0.39, 0.29) is 24.0 Å². The molecule has 0 saturated heterocycles. The Labute approximate surface area is 149 Å². The Balaban J connectivity index is 0.00000400. The van der Waals surface area contributed by atoms with Crippen LogP contribution in [0.25, 0.3) is 0 Å². The predicted octanol–water partition coefficient (Wildman–Crippen LogP) is 3.45. The number of guanidine groups is 1. The maximum absolute atomic E-state index is 5.51. The Bertz CT molecular complexity index is 371. The lowest BCUT2D eigenvalue weighted by Crippen LogP contribution is -2.40. The molecular formula is C15H28IN3OS. The molecule has 1 rings (SSSR count). The molecule has 2 N–H and O–H groups in total. The number of hydrogen-bond donors (Lipinski definition) is 2. The van der Waals surface area contributed by atoms with Crippen LogP contribution in [0.3, 0.4) is 0 Å². The molecule has 21 heavy (non-hydrogen) atoms. The molecule has 0 aromatic carbocycles. The molecule has 0 aliphatic rings. The van der Waals surface area contributed by atoms with Gasteiger partial charge in [0.15, 0.2) is 5.96 Å². The first-order valence-electron chi connectivity index (χ1n) is 7.32. The minimum Gasteiger partial charge on any atom is -0.380 e. The van der Waals surface area contributed by atoms with Gasteiger partial charge in [-0.3, -0.25) is 4.99 Å². The summed E-state index contributed by atoms with van der Waals surface area (Å²) in [4.78, 5) is 4.22. The van der Waals surface area contributed by atoms with Crippen LogP contribution in [0.15, 0.2) is 21.8 Å². The highest BCUT2D eigenvalue weighted by Crippen LogP contribution is 2.16. The quantitative estimate of drug-likeness (QED) is 0.276. The van der Waals surface area contributed by atoms with Gasteiger partial charge in [-0.2, -0.15) is 11.3 Å². The van der Waals surface area contributed by atoms with Crippen molar-refractivity contribution in [2.24, 2.45) is 4.99 Å². The second-order valence-electron chi connectivity index (χ2n) is 4.80. The summed E-state index contributed by atoms with van der Waals surface area (Å²) in [5.41, 5.74) is 1.38. The summed E-state index contributed by atoms with van der Waals surface area (Å²) in [6.07, 6.45) is 2.31. The second-order valence-corrected chi connectivity index (χ2v) is 5.58. The van der Waals surface area contributed by atoms with Crippen molar-refractivity contribution in [2.75, 3.05) is 33.4 Å². The zero-order chi connectivity index (χ0) is 14.6. The topological polar surface area (TPSA) is 45.6 Å². The fourth-order valence-corrected chi connectivity index (χ4v) is 2.52. The average molecular weight is 425 g/mol. The Morgan fingerprint density at radius 1 is 1.38 bits per heavy atom. The normalized spacial score (nSPS) is 12.6. The number of halogens is 1. The van der Waals surface area contributed by atoms with Crippen LogP contribution in [-0.2, 0) is 4.74 Å². The molecule has 0 spiro atoms.